The quantitative estimate of drug-likeness (QED) is 0.699. The van der Waals surface area contributed by atoms with Crippen molar-refractivity contribution < 1.29 is 4.79 Å². The number of anilines is 2. The molecule has 1 aliphatic rings. The average molecular weight is 421 g/mol. The van der Waals surface area contributed by atoms with Crippen molar-refractivity contribution in [2.75, 3.05) is 30.9 Å². The summed E-state index contributed by atoms with van der Waals surface area (Å²) in [6, 6.07) is 5.68. The second-order valence-corrected chi connectivity index (χ2v) is 9.43. The van der Waals surface area contributed by atoms with Gasteiger partial charge in [-0.25, -0.2) is 4.98 Å². The lowest BCUT2D eigenvalue weighted by molar-refractivity contribution is 0.0923. The van der Waals surface area contributed by atoms with Crippen LogP contribution in [0, 0.1) is 19.8 Å². The van der Waals surface area contributed by atoms with Crippen molar-refractivity contribution in [2.45, 2.75) is 45.6 Å². The van der Waals surface area contributed by atoms with Gasteiger partial charge in [0.1, 0.15) is 0 Å². The molecule has 7 heteroatoms. The minimum absolute atomic E-state index is 0.0403. The SMILES string of the molecule is Cc1nc(NCC2CCC(NC(=O)c3cc(Cl)ccc3N(C)C)CC2)sc1C. The van der Waals surface area contributed by atoms with Gasteiger partial charge >= 0.3 is 0 Å². The first kappa shape index (κ1) is 20.9. The number of nitrogens with zero attached hydrogens (tertiary/aromatic N) is 2. The van der Waals surface area contributed by atoms with E-state index in [4.69, 9.17) is 11.6 Å². The minimum Gasteiger partial charge on any atom is -0.377 e. The summed E-state index contributed by atoms with van der Waals surface area (Å²) in [4.78, 5) is 20.6. The van der Waals surface area contributed by atoms with Crippen LogP contribution in [-0.4, -0.2) is 37.6 Å². The number of hydrogen-bond acceptors (Lipinski definition) is 5. The molecule has 3 rings (SSSR count). The molecule has 2 aromatic rings. The van der Waals surface area contributed by atoms with E-state index in [2.05, 4.69) is 22.5 Å². The van der Waals surface area contributed by atoms with E-state index in [1.54, 1.807) is 17.4 Å². The maximum Gasteiger partial charge on any atom is 0.253 e. The van der Waals surface area contributed by atoms with Gasteiger partial charge in [0.15, 0.2) is 5.13 Å². The summed E-state index contributed by atoms with van der Waals surface area (Å²) in [7, 11) is 3.87. The van der Waals surface area contributed by atoms with Gasteiger partial charge in [-0.3, -0.25) is 4.79 Å². The Morgan fingerprint density at radius 3 is 2.57 bits per heavy atom. The summed E-state index contributed by atoms with van der Waals surface area (Å²) < 4.78 is 0. The van der Waals surface area contributed by atoms with Gasteiger partial charge in [0, 0.05) is 42.3 Å². The zero-order valence-electron chi connectivity index (χ0n) is 17.0. The molecule has 1 amide bonds. The third-order valence-electron chi connectivity index (χ3n) is 5.44. The number of aryl methyl sites for hydroxylation is 2. The van der Waals surface area contributed by atoms with E-state index in [0.717, 1.165) is 48.7 Å². The van der Waals surface area contributed by atoms with Crippen molar-refractivity contribution >= 4 is 39.7 Å². The Morgan fingerprint density at radius 2 is 1.96 bits per heavy atom. The number of carbonyl (C=O) groups is 1. The fourth-order valence-electron chi connectivity index (χ4n) is 3.63. The van der Waals surface area contributed by atoms with Crippen molar-refractivity contribution in [1.29, 1.82) is 0 Å². The number of rotatable bonds is 6. The van der Waals surface area contributed by atoms with Gasteiger partial charge in [0.25, 0.3) is 5.91 Å². The zero-order valence-corrected chi connectivity index (χ0v) is 18.6. The van der Waals surface area contributed by atoms with Crippen molar-refractivity contribution in [3.63, 3.8) is 0 Å². The van der Waals surface area contributed by atoms with Crippen LogP contribution in [0.2, 0.25) is 5.02 Å². The van der Waals surface area contributed by atoms with Crippen LogP contribution < -0.4 is 15.5 Å². The predicted octanol–water partition coefficient (Wildman–Crippen LogP) is 4.88. The van der Waals surface area contributed by atoms with Crippen LogP contribution in [-0.2, 0) is 0 Å². The Labute approximate surface area is 176 Å². The van der Waals surface area contributed by atoms with Crippen LogP contribution in [0.25, 0.3) is 0 Å². The Balaban J connectivity index is 1.50. The molecular formula is C21H29ClN4OS. The van der Waals surface area contributed by atoms with E-state index >= 15 is 0 Å². The fraction of sp³-hybridized carbons (Fsp3) is 0.524. The fourth-order valence-corrected chi connectivity index (χ4v) is 4.63. The second kappa shape index (κ2) is 9.14. The molecule has 0 saturated heterocycles. The van der Waals surface area contributed by atoms with Crippen molar-refractivity contribution in [1.82, 2.24) is 10.3 Å². The average Bonchev–Trinajstić information content (AvgIpc) is 2.98. The van der Waals surface area contributed by atoms with Gasteiger partial charge in [0.05, 0.1) is 11.3 Å². The van der Waals surface area contributed by atoms with Crippen molar-refractivity contribution in [3.05, 3.63) is 39.4 Å². The normalized spacial score (nSPS) is 19.3. The highest BCUT2D eigenvalue weighted by atomic mass is 35.5. The largest absolute Gasteiger partial charge is 0.377 e. The number of halogens is 1. The molecule has 152 valence electrons. The molecule has 0 atom stereocenters. The molecule has 1 aliphatic carbocycles. The Morgan fingerprint density at radius 1 is 1.25 bits per heavy atom. The van der Waals surface area contributed by atoms with Crippen LogP contribution >= 0.6 is 22.9 Å². The molecular weight excluding hydrogens is 392 g/mol. The molecule has 1 fully saturated rings. The standard InChI is InChI=1S/C21H29ClN4OS/c1-13-14(2)28-21(24-13)23-12-15-5-8-17(9-6-15)25-20(27)18-11-16(22)7-10-19(18)26(3)4/h7,10-11,15,17H,5-6,8-9,12H2,1-4H3,(H,23,24)(H,25,27). The first-order chi connectivity index (χ1) is 13.3. The highest BCUT2D eigenvalue weighted by Gasteiger charge is 2.24. The van der Waals surface area contributed by atoms with Crippen LogP contribution in [0.15, 0.2) is 18.2 Å². The summed E-state index contributed by atoms with van der Waals surface area (Å²) >= 11 is 7.83. The molecule has 1 aromatic carbocycles. The number of aromatic nitrogens is 1. The Kier molecular flexibility index (Phi) is 6.83. The molecule has 5 nitrogen and oxygen atoms in total. The number of benzene rings is 1. The van der Waals surface area contributed by atoms with Gasteiger partial charge in [-0.15, -0.1) is 11.3 Å². The molecule has 0 aliphatic heterocycles. The van der Waals surface area contributed by atoms with Crippen LogP contribution in [0.5, 0.6) is 0 Å². The van der Waals surface area contributed by atoms with Gasteiger partial charge < -0.3 is 15.5 Å². The number of thiazole rings is 1. The van der Waals surface area contributed by atoms with Gasteiger partial charge in [-0.2, -0.15) is 0 Å². The van der Waals surface area contributed by atoms with E-state index < -0.39 is 0 Å². The lowest BCUT2D eigenvalue weighted by atomic mass is 9.86. The van der Waals surface area contributed by atoms with E-state index in [1.807, 2.05) is 38.1 Å². The molecule has 0 spiro atoms. The third-order valence-corrected chi connectivity index (χ3v) is 6.70. The highest BCUT2D eigenvalue weighted by molar-refractivity contribution is 7.15. The molecule has 1 aromatic heterocycles. The maximum absolute atomic E-state index is 12.8. The number of carbonyl (C=O) groups excluding carboxylic acids is 1. The summed E-state index contributed by atoms with van der Waals surface area (Å²) in [5, 5.41) is 8.29. The van der Waals surface area contributed by atoms with Gasteiger partial charge in [-0.05, 0) is 63.6 Å². The monoisotopic (exact) mass is 420 g/mol. The molecule has 28 heavy (non-hydrogen) atoms. The van der Waals surface area contributed by atoms with E-state index in [1.165, 1.54) is 4.88 Å². The Hall–Kier alpha value is -1.79. The summed E-state index contributed by atoms with van der Waals surface area (Å²) in [5.74, 6) is 0.586. The van der Waals surface area contributed by atoms with Crippen molar-refractivity contribution in [3.8, 4) is 0 Å². The number of nitrogens with one attached hydrogen (secondary N) is 2. The summed E-state index contributed by atoms with van der Waals surface area (Å²) in [6.45, 7) is 5.10. The predicted molar refractivity (Wildman–Crippen MR) is 119 cm³/mol. The lowest BCUT2D eigenvalue weighted by Crippen LogP contribution is -2.39. The van der Waals surface area contributed by atoms with Crippen molar-refractivity contribution in [2.24, 2.45) is 5.92 Å². The van der Waals surface area contributed by atoms with Crippen LogP contribution in [0.1, 0.15) is 46.6 Å². The maximum atomic E-state index is 12.8. The first-order valence-corrected chi connectivity index (χ1v) is 11.0. The smallest absolute Gasteiger partial charge is 0.253 e. The molecule has 1 heterocycles. The molecule has 1 saturated carbocycles. The molecule has 0 radical (unpaired) electrons. The molecule has 0 bridgehead atoms. The lowest BCUT2D eigenvalue weighted by Gasteiger charge is -2.29. The van der Waals surface area contributed by atoms with Gasteiger partial charge in [0.2, 0.25) is 0 Å². The summed E-state index contributed by atoms with van der Waals surface area (Å²) in [6.07, 6.45) is 4.23. The van der Waals surface area contributed by atoms with Gasteiger partial charge in [-0.1, -0.05) is 11.6 Å². The molecule has 0 unspecified atom stereocenters. The van der Waals surface area contributed by atoms with E-state index in [-0.39, 0.29) is 11.9 Å². The minimum atomic E-state index is -0.0403. The third kappa shape index (κ3) is 5.17. The number of amides is 1. The first-order valence-electron chi connectivity index (χ1n) is 9.79. The van der Waals surface area contributed by atoms with Crippen LogP contribution in [0.4, 0.5) is 10.8 Å². The summed E-state index contributed by atoms with van der Waals surface area (Å²) in [5.41, 5.74) is 2.63. The second-order valence-electron chi connectivity index (χ2n) is 7.79. The zero-order chi connectivity index (χ0) is 20.3. The van der Waals surface area contributed by atoms with E-state index in [0.29, 0.717) is 16.5 Å². The van der Waals surface area contributed by atoms with Crippen LogP contribution in [0.3, 0.4) is 0 Å². The number of hydrogen-bond donors (Lipinski definition) is 2. The molecule has 2 N–H and O–H groups in total. The topological polar surface area (TPSA) is 57.3 Å². The highest BCUT2D eigenvalue weighted by Crippen LogP contribution is 2.28. The van der Waals surface area contributed by atoms with E-state index in [9.17, 15) is 4.79 Å². The Bertz CT molecular complexity index is 808.